The fourth-order valence-electron chi connectivity index (χ4n) is 3.07. The predicted octanol–water partition coefficient (Wildman–Crippen LogP) is -0.169. The predicted molar refractivity (Wildman–Crippen MR) is 77.2 cm³/mol. The molecular weight excluding hydrogens is 240 g/mol. The zero-order chi connectivity index (χ0) is 14.0. The second kappa shape index (κ2) is 6.20. The van der Waals surface area contributed by atoms with E-state index < -0.39 is 0 Å². The zero-order valence-corrected chi connectivity index (χ0v) is 12.7. The van der Waals surface area contributed by atoms with E-state index in [2.05, 4.69) is 47.8 Å². The Morgan fingerprint density at radius 3 is 2.21 bits per heavy atom. The molecule has 0 aromatic carbocycles. The van der Waals surface area contributed by atoms with Gasteiger partial charge in [-0.1, -0.05) is 0 Å². The summed E-state index contributed by atoms with van der Waals surface area (Å²) in [5.74, 6) is 0.300. The molecule has 2 fully saturated rings. The molecule has 0 spiro atoms. The van der Waals surface area contributed by atoms with Crippen molar-refractivity contribution < 1.29 is 4.79 Å². The zero-order valence-electron chi connectivity index (χ0n) is 12.7. The van der Waals surface area contributed by atoms with Crippen LogP contribution in [0.4, 0.5) is 0 Å². The summed E-state index contributed by atoms with van der Waals surface area (Å²) in [6, 6.07) is 0.913. The number of amides is 1. The third-order valence-corrected chi connectivity index (χ3v) is 4.73. The second-order valence-electron chi connectivity index (χ2n) is 6.07. The van der Waals surface area contributed by atoms with Crippen LogP contribution >= 0.6 is 0 Å². The molecule has 2 saturated heterocycles. The number of nitrogens with one attached hydrogen (secondary N) is 1. The summed E-state index contributed by atoms with van der Waals surface area (Å²) in [5.41, 5.74) is 0. The maximum absolute atomic E-state index is 12.6. The molecule has 0 aliphatic carbocycles. The van der Waals surface area contributed by atoms with Crippen molar-refractivity contribution in [1.82, 2.24) is 20.0 Å². The van der Waals surface area contributed by atoms with Crippen LogP contribution in [-0.4, -0.2) is 85.0 Å². The number of likely N-dealkylation sites (N-methyl/N-ethyl adjacent to an activating group) is 1. The standard InChI is InChI=1S/C14H28N4O/c1-11-9-18(10-12(2)16(11)4)14(19)13(3)17-7-5-15-6-8-17/h11-13,15H,5-10H2,1-4H3. The summed E-state index contributed by atoms with van der Waals surface area (Å²) in [4.78, 5) is 19.4. The number of hydrogen-bond acceptors (Lipinski definition) is 4. The summed E-state index contributed by atoms with van der Waals surface area (Å²) in [6.07, 6.45) is 0. The fraction of sp³-hybridized carbons (Fsp3) is 0.929. The Labute approximate surface area is 116 Å². The van der Waals surface area contributed by atoms with E-state index in [1.807, 2.05) is 0 Å². The molecule has 19 heavy (non-hydrogen) atoms. The number of nitrogens with zero attached hydrogens (tertiary/aromatic N) is 3. The SMILES string of the molecule is CC(C(=O)N1CC(C)N(C)C(C)C1)N1CCNCC1. The monoisotopic (exact) mass is 268 g/mol. The average Bonchev–Trinajstić information content (AvgIpc) is 2.43. The minimum Gasteiger partial charge on any atom is -0.338 e. The molecule has 0 bridgehead atoms. The van der Waals surface area contributed by atoms with Crippen LogP contribution in [0.3, 0.4) is 0 Å². The van der Waals surface area contributed by atoms with Crippen molar-refractivity contribution in [2.45, 2.75) is 38.9 Å². The van der Waals surface area contributed by atoms with Crippen LogP contribution in [-0.2, 0) is 4.79 Å². The summed E-state index contributed by atoms with van der Waals surface area (Å²) in [6.45, 7) is 12.1. The third-order valence-electron chi connectivity index (χ3n) is 4.73. The quantitative estimate of drug-likeness (QED) is 0.755. The number of carbonyl (C=O) groups is 1. The number of piperazine rings is 2. The van der Waals surface area contributed by atoms with Gasteiger partial charge in [0.25, 0.3) is 0 Å². The Morgan fingerprint density at radius 2 is 1.68 bits per heavy atom. The van der Waals surface area contributed by atoms with E-state index in [1.165, 1.54) is 0 Å². The van der Waals surface area contributed by atoms with Crippen molar-refractivity contribution in [2.24, 2.45) is 0 Å². The van der Waals surface area contributed by atoms with Gasteiger partial charge >= 0.3 is 0 Å². The van der Waals surface area contributed by atoms with Gasteiger partial charge in [0, 0.05) is 51.4 Å². The Morgan fingerprint density at radius 1 is 1.16 bits per heavy atom. The van der Waals surface area contributed by atoms with Gasteiger partial charge in [-0.25, -0.2) is 0 Å². The summed E-state index contributed by atoms with van der Waals surface area (Å²) < 4.78 is 0. The van der Waals surface area contributed by atoms with Crippen LogP contribution in [0.2, 0.25) is 0 Å². The first kappa shape index (κ1) is 14.8. The molecule has 2 rings (SSSR count). The first-order valence-electron chi connectivity index (χ1n) is 7.46. The van der Waals surface area contributed by atoms with Gasteiger partial charge in [-0.3, -0.25) is 14.6 Å². The summed E-state index contributed by atoms with van der Waals surface area (Å²) >= 11 is 0. The minimum absolute atomic E-state index is 0.0184. The molecule has 2 aliphatic heterocycles. The number of hydrogen-bond donors (Lipinski definition) is 1. The largest absolute Gasteiger partial charge is 0.338 e. The van der Waals surface area contributed by atoms with Crippen molar-refractivity contribution in [3.8, 4) is 0 Å². The lowest BCUT2D eigenvalue weighted by molar-refractivity contribution is -0.140. The Hall–Kier alpha value is -0.650. The molecule has 5 nitrogen and oxygen atoms in total. The molecule has 3 atom stereocenters. The van der Waals surface area contributed by atoms with Crippen LogP contribution in [0.1, 0.15) is 20.8 Å². The summed E-state index contributed by atoms with van der Waals surface area (Å²) in [5, 5.41) is 3.33. The van der Waals surface area contributed by atoms with Gasteiger partial charge in [0.05, 0.1) is 6.04 Å². The molecule has 2 aliphatic rings. The van der Waals surface area contributed by atoms with Crippen LogP contribution in [0.25, 0.3) is 0 Å². The fourth-order valence-corrected chi connectivity index (χ4v) is 3.07. The highest BCUT2D eigenvalue weighted by molar-refractivity contribution is 5.81. The number of rotatable bonds is 2. The lowest BCUT2D eigenvalue weighted by Crippen LogP contribution is -2.60. The van der Waals surface area contributed by atoms with E-state index in [-0.39, 0.29) is 6.04 Å². The van der Waals surface area contributed by atoms with Crippen LogP contribution in [0, 0.1) is 0 Å². The van der Waals surface area contributed by atoms with E-state index in [1.54, 1.807) is 0 Å². The maximum atomic E-state index is 12.6. The topological polar surface area (TPSA) is 38.8 Å². The van der Waals surface area contributed by atoms with E-state index in [0.29, 0.717) is 18.0 Å². The average molecular weight is 268 g/mol. The lowest BCUT2D eigenvalue weighted by Gasteiger charge is -2.44. The molecule has 1 amide bonds. The molecular formula is C14H28N4O. The van der Waals surface area contributed by atoms with Gasteiger partial charge in [-0.2, -0.15) is 0 Å². The van der Waals surface area contributed by atoms with Crippen molar-refractivity contribution in [2.75, 3.05) is 46.3 Å². The van der Waals surface area contributed by atoms with E-state index in [0.717, 1.165) is 39.3 Å². The minimum atomic E-state index is 0.0184. The normalized spacial score (nSPS) is 32.3. The van der Waals surface area contributed by atoms with Crippen LogP contribution < -0.4 is 5.32 Å². The van der Waals surface area contributed by atoms with Gasteiger partial charge in [-0.15, -0.1) is 0 Å². The van der Waals surface area contributed by atoms with E-state index in [4.69, 9.17) is 0 Å². The van der Waals surface area contributed by atoms with Crippen molar-refractivity contribution in [3.05, 3.63) is 0 Å². The molecule has 0 aromatic rings. The van der Waals surface area contributed by atoms with Crippen LogP contribution in [0.5, 0.6) is 0 Å². The van der Waals surface area contributed by atoms with Crippen LogP contribution in [0.15, 0.2) is 0 Å². The second-order valence-corrected chi connectivity index (χ2v) is 6.07. The first-order chi connectivity index (χ1) is 9.00. The maximum Gasteiger partial charge on any atom is 0.239 e. The van der Waals surface area contributed by atoms with Crippen molar-refractivity contribution >= 4 is 5.91 Å². The lowest BCUT2D eigenvalue weighted by atomic mass is 10.1. The third kappa shape index (κ3) is 3.27. The highest BCUT2D eigenvalue weighted by Gasteiger charge is 2.33. The summed E-state index contributed by atoms with van der Waals surface area (Å²) in [7, 11) is 2.15. The highest BCUT2D eigenvalue weighted by Crippen LogP contribution is 2.15. The van der Waals surface area contributed by atoms with Gasteiger partial charge < -0.3 is 10.2 Å². The Balaban J connectivity index is 1.95. The van der Waals surface area contributed by atoms with Gasteiger partial charge in [-0.05, 0) is 27.8 Å². The molecule has 0 aromatic heterocycles. The number of carbonyl (C=O) groups excluding carboxylic acids is 1. The molecule has 1 N–H and O–H groups in total. The Bertz CT molecular complexity index is 305. The molecule has 0 radical (unpaired) electrons. The van der Waals surface area contributed by atoms with Gasteiger partial charge in [0.2, 0.25) is 5.91 Å². The smallest absolute Gasteiger partial charge is 0.239 e. The molecule has 2 heterocycles. The molecule has 5 heteroatoms. The van der Waals surface area contributed by atoms with E-state index >= 15 is 0 Å². The van der Waals surface area contributed by atoms with E-state index in [9.17, 15) is 4.79 Å². The van der Waals surface area contributed by atoms with Gasteiger partial charge in [0.1, 0.15) is 0 Å². The molecule has 0 saturated carbocycles. The Kier molecular flexibility index (Phi) is 4.81. The first-order valence-corrected chi connectivity index (χ1v) is 7.46. The molecule has 110 valence electrons. The highest BCUT2D eigenvalue weighted by atomic mass is 16.2. The van der Waals surface area contributed by atoms with Gasteiger partial charge in [0.15, 0.2) is 0 Å². The van der Waals surface area contributed by atoms with Crippen molar-refractivity contribution in [1.29, 1.82) is 0 Å². The molecule has 3 unspecified atom stereocenters. The van der Waals surface area contributed by atoms with Crippen molar-refractivity contribution in [3.63, 3.8) is 0 Å².